The van der Waals surface area contributed by atoms with Gasteiger partial charge in [0, 0.05) is 44.9 Å². The molecule has 0 saturated heterocycles. The van der Waals surface area contributed by atoms with Crippen molar-refractivity contribution in [2.75, 3.05) is 0 Å². The minimum atomic E-state index is -0.446. The number of nitrogens with zero attached hydrogens (tertiary/aromatic N) is 3. The Morgan fingerprint density at radius 1 is 1.15 bits per heavy atom. The monoisotopic (exact) mass is 474 g/mol. The zero-order chi connectivity index (χ0) is 24.2. The molecule has 2 aromatic heterocycles. The van der Waals surface area contributed by atoms with Crippen LogP contribution in [-0.4, -0.2) is 21.6 Å². The Morgan fingerprint density at radius 2 is 1.91 bits per heavy atom. The standard InChI is InChI=1S/C26H26N4O3S/c1-4-5-6-19-7-9-22(10-8-19)29-17(2)13-21(18(29)3)16-27-28-26(31)25-15-20-14-23(30(32)33)11-12-24(20)34-25/h7-16H,4-6H2,1-3H3,(H,28,31)/b27-16-. The summed E-state index contributed by atoms with van der Waals surface area (Å²) >= 11 is 1.27. The molecular weight excluding hydrogens is 448 g/mol. The quantitative estimate of drug-likeness (QED) is 0.184. The highest BCUT2D eigenvalue weighted by atomic mass is 32.1. The third-order valence-corrected chi connectivity index (χ3v) is 6.90. The van der Waals surface area contributed by atoms with E-state index in [4.69, 9.17) is 0 Å². The number of carbonyl (C=O) groups is 1. The first-order valence-corrected chi connectivity index (χ1v) is 12.0. The van der Waals surface area contributed by atoms with Crippen molar-refractivity contribution in [3.05, 3.63) is 92.1 Å². The number of non-ortho nitro benzene ring substituents is 1. The zero-order valence-corrected chi connectivity index (χ0v) is 20.2. The first kappa shape index (κ1) is 23.4. The number of hydrogen-bond acceptors (Lipinski definition) is 5. The van der Waals surface area contributed by atoms with Crippen molar-refractivity contribution < 1.29 is 9.72 Å². The molecule has 0 bridgehead atoms. The maximum absolute atomic E-state index is 12.6. The van der Waals surface area contributed by atoms with Crippen LogP contribution in [0.5, 0.6) is 0 Å². The molecule has 0 atom stereocenters. The van der Waals surface area contributed by atoms with Crippen molar-refractivity contribution in [2.24, 2.45) is 5.10 Å². The van der Waals surface area contributed by atoms with Gasteiger partial charge in [0.15, 0.2) is 0 Å². The van der Waals surface area contributed by atoms with Gasteiger partial charge < -0.3 is 4.57 Å². The number of carbonyl (C=O) groups excluding carboxylic acids is 1. The minimum Gasteiger partial charge on any atom is -0.318 e. The number of aromatic nitrogens is 1. The van der Waals surface area contributed by atoms with Crippen LogP contribution in [0.25, 0.3) is 15.8 Å². The lowest BCUT2D eigenvalue weighted by atomic mass is 10.1. The highest BCUT2D eigenvalue weighted by Gasteiger charge is 2.14. The Balaban J connectivity index is 1.47. The maximum Gasteiger partial charge on any atom is 0.281 e. The van der Waals surface area contributed by atoms with E-state index in [9.17, 15) is 14.9 Å². The molecule has 4 rings (SSSR count). The number of benzene rings is 2. The molecule has 2 aromatic carbocycles. The number of fused-ring (bicyclic) bond motifs is 1. The third kappa shape index (κ3) is 4.92. The summed E-state index contributed by atoms with van der Waals surface area (Å²) in [5.74, 6) is -0.350. The molecule has 0 aliphatic heterocycles. The largest absolute Gasteiger partial charge is 0.318 e. The van der Waals surface area contributed by atoms with Crippen molar-refractivity contribution >= 4 is 39.2 Å². The van der Waals surface area contributed by atoms with Gasteiger partial charge in [-0.2, -0.15) is 5.10 Å². The minimum absolute atomic E-state index is 0.00114. The van der Waals surface area contributed by atoms with Gasteiger partial charge in [0.05, 0.1) is 16.0 Å². The molecule has 0 fully saturated rings. The van der Waals surface area contributed by atoms with Crippen molar-refractivity contribution in [1.29, 1.82) is 0 Å². The summed E-state index contributed by atoms with van der Waals surface area (Å²) in [6.07, 6.45) is 5.11. The number of rotatable bonds is 8. The Kier molecular flexibility index (Phi) is 6.88. The lowest BCUT2D eigenvalue weighted by molar-refractivity contribution is -0.384. The molecule has 1 amide bonds. The van der Waals surface area contributed by atoms with Gasteiger partial charge >= 0.3 is 0 Å². The van der Waals surface area contributed by atoms with Gasteiger partial charge in [-0.3, -0.25) is 14.9 Å². The van der Waals surface area contributed by atoms with Crippen LogP contribution in [0.1, 0.15) is 52.0 Å². The van der Waals surface area contributed by atoms with Crippen LogP contribution in [0.4, 0.5) is 5.69 Å². The zero-order valence-electron chi connectivity index (χ0n) is 19.4. The fourth-order valence-corrected chi connectivity index (χ4v) is 4.91. The summed E-state index contributed by atoms with van der Waals surface area (Å²) in [5, 5.41) is 15.8. The maximum atomic E-state index is 12.6. The number of thiophene rings is 1. The van der Waals surface area contributed by atoms with Gasteiger partial charge in [-0.05, 0) is 62.6 Å². The summed E-state index contributed by atoms with van der Waals surface area (Å²) in [7, 11) is 0. The van der Waals surface area contributed by atoms with Crippen LogP contribution in [0, 0.1) is 24.0 Å². The SMILES string of the molecule is CCCCc1ccc(-n2c(C)cc(/C=N\NC(=O)c3cc4cc([N+](=O)[O-])ccc4s3)c2C)cc1. The summed E-state index contributed by atoms with van der Waals surface area (Å²) in [6, 6.07) is 16.9. The number of nitrogens with one attached hydrogen (secondary N) is 1. The molecule has 8 heteroatoms. The van der Waals surface area contributed by atoms with Gasteiger partial charge in [0.2, 0.25) is 0 Å². The molecule has 4 aromatic rings. The van der Waals surface area contributed by atoms with Crippen LogP contribution < -0.4 is 5.43 Å². The van der Waals surface area contributed by atoms with E-state index in [-0.39, 0.29) is 11.6 Å². The molecule has 1 N–H and O–H groups in total. The van der Waals surface area contributed by atoms with Crippen LogP contribution >= 0.6 is 11.3 Å². The van der Waals surface area contributed by atoms with Crippen LogP contribution in [0.15, 0.2) is 59.7 Å². The second-order valence-corrected chi connectivity index (χ2v) is 9.30. The molecule has 34 heavy (non-hydrogen) atoms. The lowest BCUT2D eigenvalue weighted by Gasteiger charge is -2.10. The Labute approximate surface area is 201 Å². The van der Waals surface area contributed by atoms with Crippen LogP contribution in [-0.2, 0) is 6.42 Å². The second kappa shape index (κ2) is 10.0. The lowest BCUT2D eigenvalue weighted by Crippen LogP contribution is -2.16. The van der Waals surface area contributed by atoms with E-state index in [1.807, 2.05) is 19.9 Å². The van der Waals surface area contributed by atoms with E-state index < -0.39 is 4.92 Å². The van der Waals surface area contributed by atoms with Crippen molar-refractivity contribution in [3.63, 3.8) is 0 Å². The number of nitro groups is 1. The summed E-state index contributed by atoms with van der Waals surface area (Å²) in [5.41, 5.74) is 8.04. The Hall–Kier alpha value is -3.78. The second-order valence-electron chi connectivity index (χ2n) is 8.22. The molecule has 0 aliphatic carbocycles. The fraction of sp³-hybridized carbons (Fsp3) is 0.231. The highest BCUT2D eigenvalue weighted by Crippen LogP contribution is 2.29. The smallest absolute Gasteiger partial charge is 0.281 e. The normalized spacial score (nSPS) is 11.4. The molecule has 7 nitrogen and oxygen atoms in total. The van der Waals surface area contributed by atoms with E-state index in [2.05, 4.69) is 46.3 Å². The molecule has 0 radical (unpaired) electrons. The number of aryl methyl sites for hydroxylation is 2. The first-order valence-electron chi connectivity index (χ1n) is 11.2. The van der Waals surface area contributed by atoms with Crippen molar-refractivity contribution in [2.45, 2.75) is 40.0 Å². The average Bonchev–Trinajstić information content (AvgIpc) is 3.38. The number of amides is 1. The molecule has 174 valence electrons. The highest BCUT2D eigenvalue weighted by molar-refractivity contribution is 7.20. The Morgan fingerprint density at radius 3 is 2.62 bits per heavy atom. The molecule has 0 spiro atoms. The van der Waals surface area contributed by atoms with E-state index in [1.165, 1.54) is 41.9 Å². The predicted octanol–water partition coefficient (Wildman–Crippen LogP) is 6.32. The molecular formula is C26H26N4O3S. The van der Waals surface area contributed by atoms with E-state index in [1.54, 1.807) is 18.3 Å². The Bertz CT molecular complexity index is 1380. The van der Waals surface area contributed by atoms with E-state index in [0.29, 0.717) is 10.3 Å². The number of unbranched alkanes of at least 4 members (excludes halogenated alkanes) is 1. The number of nitro benzene ring substituents is 1. The van der Waals surface area contributed by atoms with Crippen molar-refractivity contribution in [3.8, 4) is 5.69 Å². The van der Waals surface area contributed by atoms with Crippen molar-refractivity contribution in [1.82, 2.24) is 9.99 Å². The molecule has 0 aliphatic rings. The van der Waals surface area contributed by atoms with E-state index >= 15 is 0 Å². The summed E-state index contributed by atoms with van der Waals surface area (Å²) < 4.78 is 2.98. The summed E-state index contributed by atoms with van der Waals surface area (Å²) in [6.45, 7) is 6.27. The first-order chi connectivity index (χ1) is 16.4. The number of hydrogen-bond donors (Lipinski definition) is 1. The van der Waals surface area contributed by atoms with Gasteiger partial charge in [0.25, 0.3) is 11.6 Å². The predicted molar refractivity (Wildman–Crippen MR) is 137 cm³/mol. The summed E-state index contributed by atoms with van der Waals surface area (Å²) in [4.78, 5) is 23.5. The third-order valence-electron chi connectivity index (χ3n) is 5.79. The van der Waals surface area contributed by atoms with Crippen LogP contribution in [0.3, 0.4) is 0 Å². The molecule has 2 heterocycles. The number of hydrazone groups is 1. The topological polar surface area (TPSA) is 89.5 Å². The average molecular weight is 475 g/mol. The van der Waals surface area contributed by atoms with Gasteiger partial charge in [0.1, 0.15) is 0 Å². The van der Waals surface area contributed by atoms with E-state index in [0.717, 1.165) is 33.8 Å². The fourth-order valence-electron chi connectivity index (χ4n) is 3.98. The van der Waals surface area contributed by atoms with Gasteiger partial charge in [-0.15, -0.1) is 11.3 Å². The van der Waals surface area contributed by atoms with Gasteiger partial charge in [-0.25, -0.2) is 5.43 Å². The van der Waals surface area contributed by atoms with Gasteiger partial charge in [-0.1, -0.05) is 25.5 Å². The molecule has 0 saturated carbocycles. The van der Waals surface area contributed by atoms with Crippen LogP contribution in [0.2, 0.25) is 0 Å². The molecule has 0 unspecified atom stereocenters.